The molecule has 27 heavy (non-hydrogen) atoms. The number of carbonyl (C=O) groups is 1. The monoisotopic (exact) mass is 365 g/mol. The van der Waals surface area contributed by atoms with Crippen molar-refractivity contribution in [2.24, 2.45) is 0 Å². The molecule has 2 aliphatic rings. The average molecular weight is 365 g/mol. The highest BCUT2D eigenvalue weighted by molar-refractivity contribution is 5.77. The van der Waals surface area contributed by atoms with E-state index in [2.05, 4.69) is 28.9 Å². The van der Waals surface area contributed by atoms with E-state index in [1.165, 1.54) is 16.8 Å². The Morgan fingerprint density at radius 2 is 1.81 bits per heavy atom. The Labute approximate surface area is 161 Å². The first-order valence-electron chi connectivity index (χ1n) is 9.76. The topological polar surface area (TPSA) is 45.7 Å². The van der Waals surface area contributed by atoms with Crippen LogP contribution in [0.2, 0.25) is 0 Å². The fraction of sp³-hybridized carbons (Fsp3) is 0.455. The number of hydrogen-bond acceptors (Lipinski definition) is 4. The van der Waals surface area contributed by atoms with Crippen LogP contribution in [0.1, 0.15) is 30.4 Å². The molecular weight excluding hydrogens is 338 g/mol. The fourth-order valence-corrected chi connectivity index (χ4v) is 4.14. The predicted octanol–water partition coefficient (Wildman–Crippen LogP) is 3.18. The number of amides is 1. The first-order valence-corrected chi connectivity index (χ1v) is 9.76. The van der Waals surface area contributed by atoms with Gasteiger partial charge in [0.1, 0.15) is 0 Å². The predicted molar refractivity (Wildman–Crippen MR) is 106 cm³/mol. The second kappa shape index (κ2) is 7.69. The van der Waals surface area contributed by atoms with Gasteiger partial charge < -0.3 is 14.5 Å². The maximum atomic E-state index is 13.0. The molecule has 0 atom stereocenters. The lowest BCUT2D eigenvalue weighted by Gasteiger charge is -2.41. The first kappa shape index (κ1) is 18.0. The van der Waals surface area contributed by atoms with Crippen LogP contribution in [0, 0.1) is 6.92 Å². The summed E-state index contributed by atoms with van der Waals surface area (Å²) in [6, 6.07) is 12.4. The normalized spacial score (nSPS) is 20.0. The maximum absolute atomic E-state index is 13.0. The van der Waals surface area contributed by atoms with Crippen molar-refractivity contribution in [2.45, 2.75) is 38.3 Å². The van der Waals surface area contributed by atoms with Crippen molar-refractivity contribution in [1.82, 2.24) is 9.88 Å². The van der Waals surface area contributed by atoms with Crippen molar-refractivity contribution in [3.63, 3.8) is 0 Å². The van der Waals surface area contributed by atoms with Gasteiger partial charge in [-0.2, -0.15) is 0 Å². The van der Waals surface area contributed by atoms with Crippen LogP contribution in [0.15, 0.2) is 48.8 Å². The number of anilines is 1. The molecule has 1 spiro atoms. The number of benzene rings is 1. The maximum Gasteiger partial charge on any atom is 0.225 e. The van der Waals surface area contributed by atoms with E-state index in [0.29, 0.717) is 26.1 Å². The van der Waals surface area contributed by atoms with Gasteiger partial charge in [-0.05, 0) is 43.0 Å². The van der Waals surface area contributed by atoms with E-state index in [0.717, 1.165) is 25.9 Å². The molecule has 0 unspecified atom stereocenters. The number of carbonyl (C=O) groups excluding carboxylic acids is 1. The zero-order valence-electron chi connectivity index (χ0n) is 15.9. The van der Waals surface area contributed by atoms with Crippen LogP contribution >= 0.6 is 0 Å². The first-order chi connectivity index (χ1) is 13.2. The number of aryl methyl sites for hydroxylation is 1. The molecule has 2 aliphatic heterocycles. The third-order valence-electron chi connectivity index (χ3n) is 5.92. The van der Waals surface area contributed by atoms with Crippen LogP contribution < -0.4 is 4.90 Å². The minimum atomic E-state index is -0.304. The summed E-state index contributed by atoms with van der Waals surface area (Å²) in [7, 11) is 0. The van der Waals surface area contributed by atoms with Crippen molar-refractivity contribution < 1.29 is 9.53 Å². The van der Waals surface area contributed by atoms with Gasteiger partial charge in [0.25, 0.3) is 0 Å². The van der Waals surface area contributed by atoms with Crippen molar-refractivity contribution in [3.05, 3.63) is 59.9 Å². The SMILES string of the molecule is Cc1ccccc1CN1CCOC2(CCN(c3ccncc3)CC2)CC1=O. The molecule has 0 N–H and O–H groups in total. The molecule has 0 bridgehead atoms. The van der Waals surface area contributed by atoms with Crippen LogP contribution in [0.4, 0.5) is 5.69 Å². The molecule has 1 aromatic carbocycles. The van der Waals surface area contributed by atoms with Crippen LogP contribution in [-0.4, -0.2) is 47.6 Å². The summed E-state index contributed by atoms with van der Waals surface area (Å²) in [5.41, 5.74) is 3.34. The molecule has 1 aromatic heterocycles. The summed E-state index contributed by atoms with van der Waals surface area (Å²) >= 11 is 0. The Kier molecular flexibility index (Phi) is 5.12. The Morgan fingerprint density at radius 3 is 2.56 bits per heavy atom. The molecule has 4 rings (SSSR count). The highest BCUT2D eigenvalue weighted by atomic mass is 16.5. The van der Waals surface area contributed by atoms with E-state index in [1.807, 2.05) is 41.6 Å². The summed E-state index contributed by atoms with van der Waals surface area (Å²) in [5, 5.41) is 0. The van der Waals surface area contributed by atoms with Crippen LogP contribution in [0.5, 0.6) is 0 Å². The van der Waals surface area contributed by atoms with Gasteiger partial charge in [0, 0.05) is 44.3 Å². The summed E-state index contributed by atoms with van der Waals surface area (Å²) in [4.78, 5) is 21.4. The standard InChI is InChI=1S/C22H27N3O2/c1-18-4-2-3-5-19(18)17-25-14-15-27-22(16-21(25)26)8-12-24(13-9-22)20-6-10-23-11-7-20/h2-7,10-11H,8-9,12-17H2,1H3. The highest BCUT2D eigenvalue weighted by Crippen LogP contribution is 2.34. The second-order valence-corrected chi connectivity index (χ2v) is 7.64. The van der Waals surface area contributed by atoms with E-state index in [1.54, 1.807) is 0 Å². The van der Waals surface area contributed by atoms with Gasteiger partial charge in [-0.1, -0.05) is 24.3 Å². The molecule has 0 saturated carbocycles. The van der Waals surface area contributed by atoms with E-state index in [9.17, 15) is 4.79 Å². The highest BCUT2D eigenvalue weighted by Gasteiger charge is 2.40. The van der Waals surface area contributed by atoms with Crippen molar-refractivity contribution in [2.75, 3.05) is 31.1 Å². The molecule has 0 aliphatic carbocycles. The second-order valence-electron chi connectivity index (χ2n) is 7.64. The number of hydrogen-bond donors (Lipinski definition) is 0. The summed E-state index contributed by atoms with van der Waals surface area (Å²) in [6.45, 7) is 5.89. The molecule has 0 radical (unpaired) electrons. The number of pyridine rings is 1. The lowest BCUT2D eigenvalue weighted by molar-refractivity contribution is -0.134. The van der Waals surface area contributed by atoms with Gasteiger partial charge in [0.15, 0.2) is 0 Å². The van der Waals surface area contributed by atoms with E-state index in [-0.39, 0.29) is 11.5 Å². The quantitative estimate of drug-likeness (QED) is 0.838. The van der Waals surface area contributed by atoms with Gasteiger partial charge >= 0.3 is 0 Å². The van der Waals surface area contributed by atoms with Crippen LogP contribution in [0.25, 0.3) is 0 Å². The number of nitrogens with zero attached hydrogens (tertiary/aromatic N) is 3. The summed E-state index contributed by atoms with van der Waals surface area (Å²) < 4.78 is 6.28. The van der Waals surface area contributed by atoms with Gasteiger partial charge in [-0.3, -0.25) is 9.78 Å². The zero-order chi connectivity index (χ0) is 18.7. The van der Waals surface area contributed by atoms with Crippen LogP contribution in [0.3, 0.4) is 0 Å². The number of ether oxygens (including phenoxy) is 1. The number of rotatable bonds is 3. The third kappa shape index (κ3) is 3.98. The van der Waals surface area contributed by atoms with Gasteiger partial charge in [-0.25, -0.2) is 0 Å². The lowest BCUT2D eigenvalue weighted by Crippen LogP contribution is -2.47. The average Bonchev–Trinajstić information content (AvgIpc) is 2.84. The largest absolute Gasteiger partial charge is 0.372 e. The molecule has 2 aromatic rings. The molecule has 5 heteroatoms. The number of aromatic nitrogens is 1. The van der Waals surface area contributed by atoms with E-state index < -0.39 is 0 Å². The Balaban J connectivity index is 1.40. The fourth-order valence-electron chi connectivity index (χ4n) is 4.14. The van der Waals surface area contributed by atoms with E-state index >= 15 is 0 Å². The third-order valence-corrected chi connectivity index (χ3v) is 5.92. The van der Waals surface area contributed by atoms with Gasteiger partial charge in [-0.15, -0.1) is 0 Å². The lowest BCUT2D eigenvalue weighted by atomic mass is 9.87. The Morgan fingerprint density at radius 1 is 1.07 bits per heavy atom. The smallest absolute Gasteiger partial charge is 0.225 e. The molecule has 5 nitrogen and oxygen atoms in total. The molecule has 1 amide bonds. The minimum absolute atomic E-state index is 0.216. The zero-order valence-corrected chi connectivity index (χ0v) is 15.9. The van der Waals surface area contributed by atoms with Crippen molar-refractivity contribution >= 4 is 11.6 Å². The number of piperidine rings is 1. The van der Waals surface area contributed by atoms with E-state index in [4.69, 9.17) is 4.74 Å². The molecule has 3 heterocycles. The molecule has 142 valence electrons. The van der Waals surface area contributed by atoms with Crippen LogP contribution in [-0.2, 0) is 16.1 Å². The minimum Gasteiger partial charge on any atom is -0.372 e. The van der Waals surface area contributed by atoms with Crippen molar-refractivity contribution in [3.8, 4) is 0 Å². The van der Waals surface area contributed by atoms with Gasteiger partial charge in [0.05, 0.1) is 18.6 Å². The molecule has 2 saturated heterocycles. The summed E-state index contributed by atoms with van der Waals surface area (Å²) in [6.07, 6.45) is 5.92. The van der Waals surface area contributed by atoms with Gasteiger partial charge in [0.2, 0.25) is 5.91 Å². The summed E-state index contributed by atoms with van der Waals surface area (Å²) in [5.74, 6) is 0.216. The Bertz CT molecular complexity index is 785. The molecular formula is C22H27N3O2. The Hall–Kier alpha value is -2.40. The molecule has 2 fully saturated rings. The van der Waals surface area contributed by atoms with Crippen molar-refractivity contribution in [1.29, 1.82) is 0 Å².